The maximum Gasteiger partial charge on any atom is 0.344 e. The number of carbonyl (C=O) groups is 1. The van der Waals surface area contributed by atoms with E-state index in [4.69, 9.17) is 37.4 Å². The standard InChI is InChI=1S/C16H13Cl2NO4/c1-21-12-4-3-11-13(14(12)22-2)16(20)23-15(11)19-10-6-8(17)5-9(18)7-10/h3-7,15,19H,1-2H3/t15-/m0/s1. The normalized spacial score (nSPS) is 15.8. The average Bonchev–Trinajstić information content (AvgIpc) is 2.81. The van der Waals surface area contributed by atoms with Gasteiger partial charge in [-0.3, -0.25) is 0 Å². The molecule has 0 bridgehead atoms. The van der Waals surface area contributed by atoms with Crippen molar-refractivity contribution in [3.8, 4) is 11.5 Å². The third kappa shape index (κ3) is 2.90. The molecule has 0 aliphatic carbocycles. The number of fused-ring (bicyclic) bond motifs is 1. The van der Waals surface area contributed by atoms with Gasteiger partial charge in [0.15, 0.2) is 11.5 Å². The second kappa shape index (κ2) is 6.18. The fourth-order valence-corrected chi connectivity index (χ4v) is 3.02. The highest BCUT2D eigenvalue weighted by atomic mass is 35.5. The number of cyclic esters (lactones) is 1. The van der Waals surface area contributed by atoms with Gasteiger partial charge in [0.2, 0.25) is 6.23 Å². The summed E-state index contributed by atoms with van der Waals surface area (Å²) in [5, 5.41) is 4.06. The van der Waals surface area contributed by atoms with E-state index in [-0.39, 0.29) is 0 Å². The molecule has 0 saturated carbocycles. The summed E-state index contributed by atoms with van der Waals surface area (Å²) in [5.41, 5.74) is 1.64. The van der Waals surface area contributed by atoms with E-state index in [9.17, 15) is 4.79 Å². The van der Waals surface area contributed by atoms with Crippen molar-refractivity contribution in [1.82, 2.24) is 0 Å². The van der Waals surface area contributed by atoms with Crippen LogP contribution in [0, 0.1) is 0 Å². The number of methoxy groups -OCH3 is 2. The highest BCUT2D eigenvalue weighted by molar-refractivity contribution is 6.35. The Morgan fingerprint density at radius 2 is 1.78 bits per heavy atom. The van der Waals surface area contributed by atoms with Gasteiger partial charge in [0.05, 0.1) is 14.2 Å². The van der Waals surface area contributed by atoms with Crippen LogP contribution in [0.3, 0.4) is 0 Å². The zero-order valence-corrected chi connectivity index (χ0v) is 13.9. The molecule has 7 heteroatoms. The highest BCUT2D eigenvalue weighted by Gasteiger charge is 2.35. The van der Waals surface area contributed by atoms with E-state index in [0.717, 1.165) is 0 Å². The summed E-state index contributed by atoms with van der Waals surface area (Å²) in [5.74, 6) is 0.333. The molecule has 0 unspecified atom stereocenters. The molecule has 1 aliphatic heterocycles. The number of benzene rings is 2. The first-order valence-corrected chi connectivity index (χ1v) is 7.47. The van der Waals surface area contributed by atoms with Crippen molar-refractivity contribution in [3.05, 3.63) is 51.5 Å². The van der Waals surface area contributed by atoms with Crippen molar-refractivity contribution < 1.29 is 19.0 Å². The van der Waals surface area contributed by atoms with Crippen LogP contribution in [0.1, 0.15) is 22.1 Å². The van der Waals surface area contributed by atoms with Gasteiger partial charge in [-0.05, 0) is 30.3 Å². The zero-order chi connectivity index (χ0) is 16.6. The Hall–Kier alpha value is -2.11. The Bertz CT molecular complexity index is 759. The van der Waals surface area contributed by atoms with Gasteiger partial charge in [-0.2, -0.15) is 0 Å². The number of esters is 1. The minimum absolute atomic E-state index is 0.345. The summed E-state index contributed by atoms with van der Waals surface area (Å²) in [6, 6.07) is 8.49. The monoisotopic (exact) mass is 353 g/mol. The largest absolute Gasteiger partial charge is 0.493 e. The van der Waals surface area contributed by atoms with E-state index < -0.39 is 12.2 Å². The molecule has 3 rings (SSSR count). The maximum atomic E-state index is 12.2. The molecule has 0 radical (unpaired) electrons. The Balaban J connectivity index is 1.98. The van der Waals surface area contributed by atoms with Gasteiger partial charge in [0.25, 0.3) is 0 Å². The summed E-state index contributed by atoms with van der Waals surface area (Å²) < 4.78 is 15.9. The lowest BCUT2D eigenvalue weighted by Gasteiger charge is -2.15. The molecule has 0 spiro atoms. The Morgan fingerprint density at radius 3 is 2.39 bits per heavy atom. The number of nitrogens with one attached hydrogen (secondary N) is 1. The number of ether oxygens (including phenoxy) is 3. The first kappa shape index (κ1) is 15.8. The zero-order valence-electron chi connectivity index (χ0n) is 12.4. The fourth-order valence-electron chi connectivity index (χ4n) is 2.50. The molecule has 120 valence electrons. The molecule has 0 saturated heterocycles. The van der Waals surface area contributed by atoms with Gasteiger partial charge in [-0.15, -0.1) is 0 Å². The minimum Gasteiger partial charge on any atom is -0.493 e. The third-order valence-electron chi connectivity index (χ3n) is 3.45. The predicted octanol–water partition coefficient (Wildman–Crippen LogP) is 4.29. The molecule has 1 atom stereocenters. The van der Waals surface area contributed by atoms with E-state index in [1.165, 1.54) is 14.2 Å². The van der Waals surface area contributed by atoms with Gasteiger partial charge in [0, 0.05) is 21.3 Å². The number of hydrogen-bond donors (Lipinski definition) is 1. The summed E-state index contributed by atoms with van der Waals surface area (Å²) in [6.07, 6.45) is -0.660. The van der Waals surface area contributed by atoms with Crippen molar-refractivity contribution in [2.24, 2.45) is 0 Å². The second-order valence-electron chi connectivity index (χ2n) is 4.85. The number of rotatable bonds is 4. The van der Waals surface area contributed by atoms with Crippen LogP contribution < -0.4 is 14.8 Å². The molecular weight excluding hydrogens is 341 g/mol. The van der Waals surface area contributed by atoms with Crippen LogP contribution in [0.25, 0.3) is 0 Å². The lowest BCUT2D eigenvalue weighted by atomic mass is 10.1. The SMILES string of the molecule is COc1ccc2c(c1OC)C(=O)O[C@@H]2Nc1cc(Cl)cc(Cl)c1. The third-order valence-corrected chi connectivity index (χ3v) is 3.89. The van der Waals surface area contributed by atoms with Crippen LogP contribution >= 0.6 is 23.2 Å². The van der Waals surface area contributed by atoms with E-state index >= 15 is 0 Å². The molecule has 1 aliphatic rings. The summed E-state index contributed by atoms with van der Waals surface area (Å²) in [7, 11) is 2.98. The molecule has 2 aromatic rings. The Morgan fingerprint density at radius 1 is 1.09 bits per heavy atom. The van der Waals surface area contributed by atoms with Gasteiger partial charge in [0.1, 0.15) is 5.56 Å². The van der Waals surface area contributed by atoms with Gasteiger partial charge in [-0.25, -0.2) is 4.79 Å². The second-order valence-corrected chi connectivity index (χ2v) is 5.73. The topological polar surface area (TPSA) is 56.8 Å². The number of anilines is 1. The van der Waals surface area contributed by atoms with Crippen molar-refractivity contribution in [2.75, 3.05) is 19.5 Å². The average molecular weight is 354 g/mol. The van der Waals surface area contributed by atoms with Crippen molar-refractivity contribution in [3.63, 3.8) is 0 Å². The summed E-state index contributed by atoms with van der Waals surface area (Å²) in [4.78, 5) is 12.2. The molecule has 2 aromatic carbocycles. The maximum absolute atomic E-state index is 12.2. The molecule has 1 N–H and O–H groups in total. The van der Waals surface area contributed by atoms with E-state index in [2.05, 4.69) is 5.32 Å². The van der Waals surface area contributed by atoms with E-state index in [1.807, 2.05) is 0 Å². The highest BCUT2D eigenvalue weighted by Crippen LogP contribution is 2.42. The number of hydrogen-bond acceptors (Lipinski definition) is 5. The molecule has 0 fully saturated rings. The molecule has 23 heavy (non-hydrogen) atoms. The quantitative estimate of drug-likeness (QED) is 0.830. The van der Waals surface area contributed by atoms with Crippen molar-refractivity contribution in [2.45, 2.75) is 6.23 Å². The molecular formula is C16H13Cl2NO4. The van der Waals surface area contributed by atoms with Gasteiger partial charge in [-0.1, -0.05) is 23.2 Å². The number of halogens is 2. The number of carbonyl (C=O) groups excluding carboxylic acids is 1. The molecule has 0 aromatic heterocycles. The Kier molecular flexibility index (Phi) is 4.24. The van der Waals surface area contributed by atoms with Crippen LogP contribution in [0.4, 0.5) is 5.69 Å². The van der Waals surface area contributed by atoms with Crippen LogP contribution in [0.15, 0.2) is 30.3 Å². The lowest BCUT2D eigenvalue weighted by molar-refractivity contribution is 0.0435. The van der Waals surface area contributed by atoms with Crippen molar-refractivity contribution in [1.29, 1.82) is 0 Å². The predicted molar refractivity (Wildman–Crippen MR) is 87.8 cm³/mol. The van der Waals surface area contributed by atoms with Gasteiger partial charge >= 0.3 is 5.97 Å². The van der Waals surface area contributed by atoms with Crippen LogP contribution in [0.2, 0.25) is 10.0 Å². The van der Waals surface area contributed by atoms with E-state index in [1.54, 1.807) is 30.3 Å². The van der Waals surface area contributed by atoms with Crippen molar-refractivity contribution >= 4 is 34.9 Å². The molecule has 0 amide bonds. The van der Waals surface area contributed by atoms with Gasteiger partial charge < -0.3 is 19.5 Å². The summed E-state index contributed by atoms with van der Waals surface area (Å²) >= 11 is 12.0. The Labute approximate surface area is 143 Å². The lowest BCUT2D eigenvalue weighted by Crippen LogP contribution is -2.10. The van der Waals surface area contributed by atoms with Crippen LogP contribution in [-0.2, 0) is 4.74 Å². The first-order valence-electron chi connectivity index (χ1n) is 6.72. The first-order chi connectivity index (χ1) is 11.0. The van der Waals surface area contributed by atoms with Crippen LogP contribution in [-0.4, -0.2) is 20.2 Å². The van der Waals surface area contributed by atoms with E-state index in [0.29, 0.717) is 38.4 Å². The fraction of sp³-hybridized carbons (Fsp3) is 0.188. The molecule has 5 nitrogen and oxygen atoms in total. The van der Waals surface area contributed by atoms with Crippen LogP contribution in [0.5, 0.6) is 11.5 Å². The minimum atomic E-state index is -0.660. The molecule has 1 heterocycles. The summed E-state index contributed by atoms with van der Waals surface area (Å²) in [6.45, 7) is 0. The smallest absolute Gasteiger partial charge is 0.344 e.